The Morgan fingerprint density at radius 2 is 2.23 bits per heavy atom. The lowest BCUT2D eigenvalue weighted by Crippen LogP contribution is -2.44. The normalized spacial score (nSPS) is 26.5. The largest absolute Gasteiger partial charge is 0.298 e. The van der Waals surface area contributed by atoms with Crippen molar-refractivity contribution in [2.24, 2.45) is 0 Å². The molecule has 1 saturated carbocycles. The van der Waals surface area contributed by atoms with Gasteiger partial charge < -0.3 is 0 Å². The maximum absolute atomic E-state index is 11.6. The van der Waals surface area contributed by atoms with E-state index in [-0.39, 0.29) is 6.04 Å². The highest BCUT2D eigenvalue weighted by Gasteiger charge is 2.27. The van der Waals surface area contributed by atoms with Crippen LogP contribution in [-0.4, -0.2) is 29.8 Å². The lowest BCUT2D eigenvalue weighted by atomic mass is 9.92. The average molecular weight is 183 g/mol. The smallest absolute Gasteiger partial charge is 0.149 e. The van der Waals surface area contributed by atoms with Gasteiger partial charge in [-0.3, -0.25) is 9.69 Å². The van der Waals surface area contributed by atoms with E-state index in [1.54, 1.807) is 0 Å². The fraction of sp³-hybridized carbons (Fsp3) is 0.909. The van der Waals surface area contributed by atoms with Crippen LogP contribution in [0.15, 0.2) is 0 Å². The van der Waals surface area contributed by atoms with Gasteiger partial charge in [0.15, 0.2) is 0 Å². The van der Waals surface area contributed by atoms with E-state index in [9.17, 15) is 4.79 Å². The molecule has 0 saturated heterocycles. The lowest BCUT2D eigenvalue weighted by Gasteiger charge is -2.33. The summed E-state index contributed by atoms with van der Waals surface area (Å²) in [6, 6.07) is 0.746. The maximum Gasteiger partial charge on any atom is 0.149 e. The molecule has 0 aliphatic heterocycles. The van der Waals surface area contributed by atoms with Gasteiger partial charge >= 0.3 is 0 Å². The van der Waals surface area contributed by atoms with Crippen LogP contribution in [-0.2, 0) is 4.79 Å². The monoisotopic (exact) mass is 183 g/mol. The Morgan fingerprint density at radius 3 is 2.77 bits per heavy atom. The predicted octanol–water partition coefficient (Wildman–Crippen LogP) is 2.23. The molecule has 0 spiro atoms. The van der Waals surface area contributed by atoms with Gasteiger partial charge in [-0.05, 0) is 33.2 Å². The molecule has 2 atom stereocenters. The van der Waals surface area contributed by atoms with Gasteiger partial charge in [-0.25, -0.2) is 0 Å². The zero-order valence-corrected chi connectivity index (χ0v) is 9.05. The number of Topliss-reactive ketones (excluding diaryl/α,β-unsaturated/α-hetero) is 1. The van der Waals surface area contributed by atoms with Crippen LogP contribution in [0.5, 0.6) is 0 Å². The summed E-state index contributed by atoms with van der Waals surface area (Å²) in [7, 11) is 2.09. The minimum Gasteiger partial charge on any atom is -0.298 e. The highest BCUT2D eigenvalue weighted by Crippen LogP contribution is 2.20. The number of carbonyl (C=O) groups excluding carboxylic acids is 1. The third-order valence-electron chi connectivity index (χ3n) is 3.30. The molecule has 0 heterocycles. The third kappa shape index (κ3) is 2.53. The maximum atomic E-state index is 11.6. The van der Waals surface area contributed by atoms with Crippen molar-refractivity contribution in [2.45, 2.75) is 58.0 Å². The van der Waals surface area contributed by atoms with E-state index < -0.39 is 0 Å². The van der Waals surface area contributed by atoms with Gasteiger partial charge in [0.2, 0.25) is 0 Å². The molecule has 0 amide bonds. The minimum absolute atomic E-state index is 0.212. The molecule has 1 aliphatic carbocycles. The van der Waals surface area contributed by atoms with Crippen LogP contribution < -0.4 is 0 Å². The number of carbonyl (C=O) groups is 1. The van der Waals surface area contributed by atoms with Crippen LogP contribution >= 0.6 is 0 Å². The van der Waals surface area contributed by atoms with Crippen molar-refractivity contribution in [3.63, 3.8) is 0 Å². The van der Waals surface area contributed by atoms with E-state index in [1.807, 2.05) is 0 Å². The first-order valence-electron chi connectivity index (χ1n) is 5.41. The van der Waals surface area contributed by atoms with Crippen molar-refractivity contribution in [1.29, 1.82) is 0 Å². The zero-order valence-electron chi connectivity index (χ0n) is 9.05. The summed E-state index contributed by atoms with van der Waals surface area (Å²) in [4.78, 5) is 13.9. The highest BCUT2D eigenvalue weighted by atomic mass is 16.1. The molecule has 0 aromatic heterocycles. The molecule has 0 aromatic carbocycles. The summed E-state index contributed by atoms with van der Waals surface area (Å²) >= 11 is 0. The first kappa shape index (κ1) is 10.7. The fourth-order valence-corrected chi connectivity index (χ4v) is 1.99. The van der Waals surface area contributed by atoms with Gasteiger partial charge in [-0.2, -0.15) is 0 Å². The van der Waals surface area contributed by atoms with Crippen LogP contribution in [0.4, 0.5) is 0 Å². The van der Waals surface area contributed by atoms with E-state index in [1.165, 1.54) is 6.42 Å². The number of nitrogens with zero attached hydrogens (tertiary/aromatic N) is 1. The summed E-state index contributed by atoms with van der Waals surface area (Å²) in [5.41, 5.74) is 0. The molecule has 0 N–H and O–H groups in total. The second-order valence-electron chi connectivity index (χ2n) is 4.15. The molecule has 0 bridgehead atoms. The summed E-state index contributed by atoms with van der Waals surface area (Å²) in [5.74, 6) is 0.453. The molecular formula is C11H21NO. The Kier molecular flexibility index (Phi) is 3.91. The molecule has 2 unspecified atom stereocenters. The van der Waals surface area contributed by atoms with Crippen LogP contribution in [0.3, 0.4) is 0 Å². The van der Waals surface area contributed by atoms with Gasteiger partial charge in [0.1, 0.15) is 5.78 Å². The molecule has 0 radical (unpaired) electrons. The summed E-state index contributed by atoms with van der Waals surface area (Å²) in [6.45, 7) is 4.37. The van der Waals surface area contributed by atoms with Crippen molar-refractivity contribution in [2.75, 3.05) is 7.05 Å². The SMILES string of the molecule is CCC(C)N(C)C1CCCCC1=O. The van der Waals surface area contributed by atoms with Gasteiger partial charge in [-0.1, -0.05) is 13.3 Å². The highest BCUT2D eigenvalue weighted by molar-refractivity contribution is 5.84. The lowest BCUT2D eigenvalue weighted by molar-refractivity contribution is -0.126. The topological polar surface area (TPSA) is 20.3 Å². The van der Waals surface area contributed by atoms with E-state index in [0.29, 0.717) is 11.8 Å². The fourth-order valence-electron chi connectivity index (χ4n) is 1.99. The van der Waals surface area contributed by atoms with Crippen LogP contribution in [0, 0.1) is 0 Å². The standard InChI is InChI=1S/C11H21NO/c1-4-9(2)12(3)10-7-5-6-8-11(10)13/h9-10H,4-8H2,1-3H3. The summed E-state index contributed by atoms with van der Waals surface area (Å²) < 4.78 is 0. The number of hydrogen-bond donors (Lipinski definition) is 0. The zero-order chi connectivity index (χ0) is 9.84. The van der Waals surface area contributed by atoms with Crippen molar-refractivity contribution in [1.82, 2.24) is 4.90 Å². The Morgan fingerprint density at radius 1 is 1.54 bits per heavy atom. The number of hydrogen-bond acceptors (Lipinski definition) is 2. The summed E-state index contributed by atoms with van der Waals surface area (Å²) in [6.07, 6.45) is 5.31. The predicted molar refractivity (Wildman–Crippen MR) is 54.8 cm³/mol. The molecule has 2 nitrogen and oxygen atoms in total. The molecule has 0 aromatic rings. The summed E-state index contributed by atoms with van der Waals surface area (Å²) in [5, 5.41) is 0. The van der Waals surface area contributed by atoms with Crippen molar-refractivity contribution in [3.05, 3.63) is 0 Å². The Hall–Kier alpha value is -0.370. The van der Waals surface area contributed by atoms with E-state index in [4.69, 9.17) is 0 Å². The number of rotatable bonds is 3. The van der Waals surface area contributed by atoms with E-state index in [2.05, 4.69) is 25.8 Å². The third-order valence-corrected chi connectivity index (χ3v) is 3.30. The molecular weight excluding hydrogens is 162 g/mol. The van der Waals surface area contributed by atoms with Crippen LogP contribution in [0.1, 0.15) is 46.0 Å². The van der Waals surface area contributed by atoms with Gasteiger partial charge in [0.05, 0.1) is 6.04 Å². The van der Waals surface area contributed by atoms with Gasteiger partial charge in [0, 0.05) is 12.5 Å². The minimum atomic E-state index is 0.212. The quantitative estimate of drug-likeness (QED) is 0.668. The van der Waals surface area contributed by atoms with Gasteiger partial charge in [0.25, 0.3) is 0 Å². The molecule has 1 fully saturated rings. The van der Waals surface area contributed by atoms with Crippen molar-refractivity contribution in [3.8, 4) is 0 Å². The first-order valence-corrected chi connectivity index (χ1v) is 5.41. The van der Waals surface area contributed by atoms with Crippen molar-refractivity contribution >= 4 is 5.78 Å². The first-order chi connectivity index (χ1) is 6.16. The van der Waals surface area contributed by atoms with Crippen molar-refractivity contribution < 1.29 is 4.79 Å². The number of likely N-dealkylation sites (N-methyl/N-ethyl adjacent to an activating group) is 1. The second kappa shape index (κ2) is 4.75. The molecule has 13 heavy (non-hydrogen) atoms. The Balaban J connectivity index is 2.53. The Labute approximate surface area is 81.3 Å². The van der Waals surface area contributed by atoms with Gasteiger partial charge in [-0.15, -0.1) is 0 Å². The second-order valence-corrected chi connectivity index (χ2v) is 4.15. The van der Waals surface area contributed by atoms with Crippen LogP contribution in [0.2, 0.25) is 0 Å². The van der Waals surface area contributed by atoms with Crippen LogP contribution in [0.25, 0.3) is 0 Å². The average Bonchev–Trinajstić information content (AvgIpc) is 2.16. The molecule has 1 aliphatic rings. The Bertz CT molecular complexity index is 179. The van der Waals surface area contributed by atoms with E-state index in [0.717, 1.165) is 25.7 Å². The molecule has 2 heteroatoms. The van der Waals surface area contributed by atoms with E-state index >= 15 is 0 Å². The molecule has 1 rings (SSSR count). The number of ketones is 1. The molecule has 76 valence electrons.